The van der Waals surface area contributed by atoms with E-state index in [0.29, 0.717) is 17.8 Å². The summed E-state index contributed by atoms with van der Waals surface area (Å²) >= 11 is 1.53. The van der Waals surface area contributed by atoms with Crippen molar-refractivity contribution in [3.05, 3.63) is 51.9 Å². The first-order chi connectivity index (χ1) is 11.3. The molecular weight excluding hydrogens is 306 g/mol. The lowest BCUT2D eigenvalue weighted by Crippen LogP contribution is -2.20. The van der Waals surface area contributed by atoms with Crippen molar-refractivity contribution in [2.75, 3.05) is 6.54 Å². The fourth-order valence-electron chi connectivity index (χ4n) is 2.61. The van der Waals surface area contributed by atoms with Gasteiger partial charge in [0.25, 0.3) is 5.56 Å². The average Bonchev–Trinajstić information content (AvgIpc) is 3.00. The van der Waals surface area contributed by atoms with Gasteiger partial charge in [-0.25, -0.2) is 4.98 Å². The van der Waals surface area contributed by atoms with E-state index < -0.39 is 0 Å². The molecule has 0 amide bonds. The highest BCUT2D eigenvalue weighted by atomic mass is 32.1. The van der Waals surface area contributed by atoms with Gasteiger partial charge in [0.15, 0.2) is 0 Å². The Morgan fingerprint density at radius 3 is 2.83 bits per heavy atom. The van der Waals surface area contributed by atoms with Crippen LogP contribution in [-0.4, -0.2) is 16.5 Å². The Morgan fingerprint density at radius 2 is 2.04 bits per heavy atom. The van der Waals surface area contributed by atoms with Crippen LogP contribution in [0.15, 0.2) is 40.5 Å². The molecule has 120 valence electrons. The monoisotopic (exact) mass is 327 g/mol. The van der Waals surface area contributed by atoms with Crippen molar-refractivity contribution >= 4 is 21.6 Å². The Hall–Kier alpha value is -1.98. The van der Waals surface area contributed by atoms with Crippen LogP contribution < -0.4 is 10.9 Å². The minimum atomic E-state index is -0.0551. The Labute approximate surface area is 139 Å². The van der Waals surface area contributed by atoms with Crippen molar-refractivity contribution in [3.63, 3.8) is 0 Å². The van der Waals surface area contributed by atoms with Crippen LogP contribution in [0.25, 0.3) is 21.3 Å². The first-order valence-electron chi connectivity index (χ1n) is 8.06. The molecule has 0 fully saturated rings. The lowest BCUT2D eigenvalue weighted by molar-refractivity contribution is 0.603. The summed E-state index contributed by atoms with van der Waals surface area (Å²) in [4.78, 5) is 20.8. The zero-order chi connectivity index (χ0) is 16.1. The molecule has 0 radical (unpaired) electrons. The smallest absolute Gasteiger partial charge is 0.260 e. The van der Waals surface area contributed by atoms with Crippen LogP contribution in [-0.2, 0) is 6.54 Å². The molecule has 0 spiro atoms. The number of rotatable bonds is 7. The number of aromatic amines is 1. The number of nitrogens with one attached hydrogen (secondary N) is 2. The van der Waals surface area contributed by atoms with Gasteiger partial charge in [-0.15, -0.1) is 11.3 Å². The number of fused-ring (bicyclic) bond motifs is 1. The van der Waals surface area contributed by atoms with Crippen LogP contribution in [0.1, 0.15) is 32.0 Å². The van der Waals surface area contributed by atoms with Gasteiger partial charge < -0.3 is 10.3 Å². The fourth-order valence-corrected chi connectivity index (χ4v) is 3.58. The second-order valence-corrected chi connectivity index (χ2v) is 6.45. The van der Waals surface area contributed by atoms with E-state index in [1.165, 1.54) is 24.2 Å². The molecule has 0 aliphatic rings. The van der Waals surface area contributed by atoms with E-state index in [1.54, 1.807) is 0 Å². The molecule has 0 aliphatic heterocycles. The molecule has 1 aromatic carbocycles. The van der Waals surface area contributed by atoms with Gasteiger partial charge in [0.05, 0.1) is 11.9 Å². The van der Waals surface area contributed by atoms with Crippen LogP contribution >= 0.6 is 11.3 Å². The molecule has 2 N–H and O–H groups in total. The van der Waals surface area contributed by atoms with Gasteiger partial charge in [-0.3, -0.25) is 4.79 Å². The summed E-state index contributed by atoms with van der Waals surface area (Å²) in [5.74, 6) is 0.709. The van der Waals surface area contributed by atoms with E-state index in [-0.39, 0.29) is 5.56 Å². The maximum Gasteiger partial charge on any atom is 0.260 e. The standard InChI is InChI=1S/C18H21N3OS/c1-2-3-7-10-19-11-15-20-17(22)16-14(12-23-18(16)21-15)13-8-5-4-6-9-13/h4-6,8-9,12,19H,2-3,7,10-11H2,1H3,(H,20,21,22). The van der Waals surface area contributed by atoms with Crippen LogP contribution in [0.5, 0.6) is 0 Å². The molecule has 4 nitrogen and oxygen atoms in total. The number of thiophene rings is 1. The fraction of sp³-hybridized carbons (Fsp3) is 0.333. The summed E-state index contributed by atoms with van der Waals surface area (Å²) in [6.07, 6.45) is 3.58. The first-order valence-corrected chi connectivity index (χ1v) is 8.94. The van der Waals surface area contributed by atoms with Crippen LogP contribution in [0, 0.1) is 0 Å². The molecule has 3 rings (SSSR count). The molecule has 0 aliphatic carbocycles. The van der Waals surface area contributed by atoms with Crippen molar-refractivity contribution in [3.8, 4) is 11.1 Å². The van der Waals surface area contributed by atoms with Gasteiger partial charge >= 0.3 is 0 Å². The van der Waals surface area contributed by atoms with E-state index in [2.05, 4.69) is 22.2 Å². The predicted molar refractivity (Wildman–Crippen MR) is 96.9 cm³/mol. The largest absolute Gasteiger partial charge is 0.310 e. The molecule has 0 atom stereocenters. The highest BCUT2D eigenvalue weighted by Crippen LogP contribution is 2.30. The Morgan fingerprint density at radius 1 is 1.22 bits per heavy atom. The number of hydrogen-bond donors (Lipinski definition) is 2. The average molecular weight is 327 g/mol. The number of unbranched alkanes of at least 4 members (excludes halogenated alkanes) is 2. The molecule has 23 heavy (non-hydrogen) atoms. The molecule has 3 aromatic rings. The van der Waals surface area contributed by atoms with Gasteiger partial charge in [0, 0.05) is 10.9 Å². The van der Waals surface area contributed by atoms with E-state index in [9.17, 15) is 4.79 Å². The van der Waals surface area contributed by atoms with Gasteiger partial charge in [0.2, 0.25) is 0 Å². The van der Waals surface area contributed by atoms with Gasteiger partial charge in [-0.1, -0.05) is 50.1 Å². The second kappa shape index (κ2) is 7.53. The number of aromatic nitrogens is 2. The van der Waals surface area contributed by atoms with E-state index in [1.807, 2.05) is 35.7 Å². The third-order valence-corrected chi connectivity index (χ3v) is 4.70. The summed E-state index contributed by atoms with van der Waals surface area (Å²) in [6.45, 7) is 3.75. The van der Waals surface area contributed by atoms with Gasteiger partial charge in [0.1, 0.15) is 10.7 Å². The maximum atomic E-state index is 12.5. The third-order valence-electron chi connectivity index (χ3n) is 3.83. The van der Waals surface area contributed by atoms with Crippen molar-refractivity contribution < 1.29 is 0 Å². The number of hydrogen-bond acceptors (Lipinski definition) is 4. The Balaban J connectivity index is 1.82. The summed E-state index contributed by atoms with van der Waals surface area (Å²) in [5.41, 5.74) is 1.96. The maximum absolute atomic E-state index is 12.5. The van der Waals surface area contributed by atoms with Crippen molar-refractivity contribution in [1.29, 1.82) is 0 Å². The SMILES string of the molecule is CCCCCNCc1nc2scc(-c3ccccc3)c2c(=O)[nH]1. The van der Waals surface area contributed by atoms with E-state index in [0.717, 1.165) is 28.9 Å². The molecule has 2 heterocycles. The highest BCUT2D eigenvalue weighted by Gasteiger charge is 2.12. The molecule has 2 aromatic heterocycles. The lowest BCUT2D eigenvalue weighted by Gasteiger charge is -2.04. The van der Waals surface area contributed by atoms with E-state index >= 15 is 0 Å². The molecule has 0 unspecified atom stereocenters. The molecular formula is C18H21N3OS. The summed E-state index contributed by atoms with van der Waals surface area (Å²) < 4.78 is 0. The molecule has 0 saturated heterocycles. The zero-order valence-corrected chi connectivity index (χ0v) is 14.1. The Kier molecular flexibility index (Phi) is 5.20. The summed E-state index contributed by atoms with van der Waals surface area (Å²) in [5, 5.41) is 6.04. The number of benzene rings is 1. The first kappa shape index (κ1) is 15.9. The van der Waals surface area contributed by atoms with Crippen LogP contribution in [0.3, 0.4) is 0 Å². The second-order valence-electron chi connectivity index (χ2n) is 5.59. The topological polar surface area (TPSA) is 57.8 Å². The highest BCUT2D eigenvalue weighted by molar-refractivity contribution is 7.17. The van der Waals surface area contributed by atoms with E-state index in [4.69, 9.17) is 0 Å². The lowest BCUT2D eigenvalue weighted by atomic mass is 10.1. The van der Waals surface area contributed by atoms with Crippen LogP contribution in [0.4, 0.5) is 0 Å². The summed E-state index contributed by atoms with van der Waals surface area (Å²) in [6, 6.07) is 9.97. The van der Waals surface area contributed by atoms with Crippen molar-refractivity contribution in [2.24, 2.45) is 0 Å². The normalized spacial score (nSPS) is 11.2. The van der Waals surface area contributed by atoms with Crippen LogP contribution in [0.2, 0.25) is 0 Å². The summed E-state index contributed by atoms with van der Waals surface area (Å²) in [7, 11) is 0. The number of nitrogens with zero attached hydrogens (tertiary/aromatic N) is 1. The molecule has 0 saturated carbocycles. The third kappa shape index (κ3) is 3.68. The molecule has 0 bridgehead atoms. The minimum absolute atomic E-state index is 0.0551. The van der Waals surface area contributed by atoms with Gasteiger partial charge in [-0.05, 0) is 18.5 Å². The quantitative estimate of drug-likeness (QED) is 0.646. The zero-order valence-electron chi connectivity index (χ0n) is 13.3. The number of H-pyrrole nitrogens is 1. The van der Waals surface area contributed by atoms with Gasteiger partial charge in [-0.2, -0.15) is 0 Å². The minimum Gasteiger partial charge on any atom is -0.310 e. The van der Waals surface area contributed by atoms with Crippen molar-refractivity contribution in [2.45, 2.75) is 32.7 Å². The molecule has 5 heteroatoms. The Bertz CT molecular complexity index is 823. The predicted octanol–water partition coefficient (Wildman–Crippen LogP) is 3.93. The van der Waals surface area contributed by atoms with Crippen molar-refractivity contribution in [1.82, 2.24) is 15.3 Å².